The number of carbonyl (C=O) groups is 2. The molecule has 0 aliphatic rings. The van der Waals surface area contributed by atoms with E-state index in [1.54, 1.807) is 18.2 Å². The van der Waals surface area contributed by atoms with E-state index in [-0.39, 0.29) is 12.0 Å². The van der Waals surface area contributed by atoms with Crippen molar-refractivity contribution in [1.29, 1.82) is 5.26 Å². The molecule has 0 saturated carbocycles. The zero-order valence-corrected chi connectivity index (χ0v) is 12.3. The zero-order chi connectivity index (χ0) is 17.7. The summed E-state index contributed by atoms with van der Waals surface area (Å²) < 4.78 is 26.0. The number of hydrogen-bond donors (Lipinski definition) is 2. The highest BCUT2D eigenvalue weighted by Gasteiger charge is 2.22. The van der Waals surface area contributed by atoms with Crippen molar-refractivity contribution in [2.45, 2.75) is 12.5 Å². The van der Waals surface area contributed by atoms with Gasteiger partial charge in [0.25, 0.3) is 5.91 Å². The van der Waals surface area contributed by atoms with Crippen LogP contribution in [0.25, 0.3) is 0 Å². The number of hydrogen-bond acceptors (Lipinski definition) is 3. The molecule has 0 unspecified atom stereocenters. The summed E-state index contributed by atoms with van der Waals surface area (Å²) in [6, 6.07) is 9.51. The normalized spacial score (nSPS) is 11.4. The first kappa shape index (κ1) is 17.1. The lowest BCUT2D eigenvalue weighted by atomic mass is 10.0. The summed E-state index contributed by atoms with van der Waals surface area (Å²) in [6.07, 6.45) is -0.0553. The number of nitriles is 1. The number of halogens is 2. The van der Waals surface area contributed by atoms with Crippen molar-refractivity contribution in [3.05, 3.63) is 70.8 Å². The van der Waals surface area contributed by atoms with Gasteiger partial charge in [0.1, 0.15) is 6.04 Å². The van der Waals surface area contributed by atoms with Gasteiger partial charge in [0.2, 0.25) is 0 Å². The topological polar surface area (TPSA) is 90.2 Å². The van der Waals surface area contributed by atoms with Crippen LogP contribution >= 0.6 is 0 Å². The van der Waals surface area contributed by atoms with Crippen molar-refractivity contribution in [3.8, 4) is 6.07 Å². The third kappa shape index (κ3) is 4.14. The fourth-order valence-electron chi connectivity index (χ4n) is 2.08. The first-order valence-corrected chi connectivity index (χ1v) is 6.88. The zero-order valence-electron chi connectivity index (χ0n) is 12.3. The summed E-state index contributed by atoms with van der Waals surface area (Å²) in [5, 5.41) is 20.3. The maximum atomic E-state index is 13.2. The smallest absolute Gasteiger partial charge is 0.326 e. The van der Waals surface area contributed by atoms with Crippen LogP contribution in [0.2, 0.25) is 0 Å². The van der Waals surface area contributed by atoms with Crippen molar-refractivity contribution in [2.75, 3.05) is 0 Å². The maximum absolute atomic E-state index is 13.2. The quantitative estimate of drug-likeness (QED) is 0.880. The number of nitrogens with one attached hydrogen (secondary N) is 1. The molecule has 2 aromatic carbocycles. The molecule has 0 aliphatic carbocycles. The first-order valence-electron chi connectivity index (χ1n) is 6.88. The second kappa shape index (κ2) is 7.33. The average Bonchev–Trinajstić information content (AvgIpc) is 2.56. The lowest BCUT2D eigenvalue weighted by Crippen LogP contribution is -2.42. The van der Waals surface area contributed by atoms with E-state index >= 15 is 0 Å². The van der Waals surface area contributed by atoms with E-state index in [0.29, 0.717) is 17.2 Å². The molecule has 122 valence electrons. The third-order valence-electron chi connectivity index (χ3n) is 3.28. The molecular formula is C17H12F2N2O3. The van der Waals surface area contributed by atoms with E-state index in [1.165, 1.54) is 6.07 Å². The fraction of sp³-hybridized carbons (Fsp3) is 0.118. The van der Waals surface area contributed by atoms with Crippen LogP contribution in [-0.2, 0) is 11.2 Å². The van der Waals surface area contributed by atoms with Crippen LogP contribution in [0, 0.1) is 23.0 Å². The third-order valence-corrected chi connectivity index (χ3v) is 3.28. The molecule has 1 atom stereocenters. The van der Waals surface area contributed by atoms with Crippen molar-refractivity contribution in [3.63, 3.8) is 0 Å². The van der Waals surface area contributed by atoms with E-state index in [4.69, 9.17) is 5.26 Å². The van der Waals surface area contributed by atoms with Gasteiger partial charge in [-0.25, -0.2) is 13.6 Å². The van der Waals surface area contributed by atoms with Crippen molar-refractivity contribution in [1.82, 2.24) is 5.32 Å². The fourth-order valence-corrected chi connectivity index (χ4v) is 2.08. The van der Waals surface area contributed by atoms with Crippen molar-refractivity contribution >= 4 is 11.9 Å². The molecule has 0 spiro atoms. The van der Waals surface area contributed by atoms with E-state index in [0.717, 1.165) is 12.1 Å². The predicted molar refractivity (Wildman–Crippen MR) is 80.1 cm³/mol. The number of nitrogens with zero attached hydrogens (tertiary/aromatic N) is 1. The molecule has 7 heteroatoms. The molecule has 0 fully saturated rings. The molecule has 0 radical (unpaired) electrons. The van der Waals surface area contributed by atoms with Crippen LogP contribution in [0.15, 0.2) is 42.5 Å². The molecule has 24 heavy (non-hydrogen) atoms. The predicted octanol–water partition coefficient (Wildman–Crippen LogP) is 2.26. The molecule has 0 bridgehead atoms. The number of carboxylic acids is 1. The summed E-state index contributed by atoms with van der Waals surface area (Å²) in [5.41, 5.74) is 0.724. The van der Waals surface area contributed by atoms with Crippen LogP contribution in [0.4, 0.5) is 8.78 Å². The Balaban J connectivity index is 2.16. The standard InChI is InChI=1S/C17H12F2N2O3/c18-13-5-4-12(8-14(13)19)16(22)21-15(17(23)24)7-10-2-1-3-11(6-10)9-20/h1-6,8,15H,7H2,(H,21,22)(H,23,24)/t15-/m0/s1. The molecule has 0 heterocycles. The van der Waals surface area contributed by atoms with E-state index in [1.807, 2.05) is 6.07 Å². The number of aliphatic carboxylic acids is 1. The van der Waals surface area contributed by atoms with Crippen LogP contribution in [0.3, 0.4) is 0 Å². The van der Waals surface area contributed by atoms with Gasteiger partial charge < -0.3 is 10.4 Å². The molecule has 2 N–H and O–H groups in total. The molecule has 0 aliphatic heterocycles. The summed E-state index contributed by atoms with van der Waals surface area (Å²) in [5.74, 6) is -4.42. The Labute approximate surface area is 136 Å². The van der Waals surface area contributed by atoms with E-state index < -0.39 is 29.6 Å². The Hall–Kier alpha value is -3.27. The Morgan fingerprint density at radius 3 is 2.54 bits per heavy atom. The molecule has 1 amide bonds. The number of amides is 1. The van der Waals surface area contributed by atoms with Crippen LogP contribution in [0.5, 0.6) is 0 Å². The van der Waals surface area contributed by atoms with Gasteiger partial charge in [-0.05, 0) is 35.9 Å². The van der Waals surface area contributed by atoms with Crippen LogP contribution in [0.1, 0.15) is 21.5 Å². The van der Waals surface area contributed by atoms with Gasteiger partial charge in [-0.3, -0.25) is 4.79 Å². The Morgan fingerprint density at radius 1 is 1.17 bits per heavy atom. The van der Waals surface area contributed by atoms with Crippen LogP contribution < -0.4 is 5.32 Å². The monoisotopic (exact) mass is 330 g/mol. The highest BCUT2D eigenvalue weighted by Crippen LogP contribution is 2.11. The lowest BCUT2D eigenvalue weighted by Gasteiger charge is -2.15. The second-order valence-electron chi connectivity index (χ2n) is 5.01. The number of benzene rings is 2. The van der Waals surface area contributed by atoms with Crippen LogP contribution in [-0.4, -0.2) is 23.0 Å². The molecule has 2 rings (SSSR count). The van der Waals surface area contributed by atoms with E-state index in [9.17, 15) is 23.5 Å². The van der Waals surface area contributed by atoms with Gasteiger partial charge in [0, 0.05) is 12.0 Å². The Kier molecular flexibility index (Phi) is 5.22. The second-order valence-corrected chi connectivity index (χ2v) is 5.01. The minimum Gasteiger partial charge on any atom is -0.480 e. The Bertz CT molecular complexity index is 831. The van der Waals surface area contributed by atoms with Gasteiger partial charge in [-0.1, -0.05) is 12.1 Å². The van der Waals surface area contributed by atoms with Gasteiger partial charge in [0.05, 0.1) is 11.6 Å². The average molecular weight is 330 g/mol. The summed E-state index contributed by atoms with van der Waals surface area (Å²) in [7, 11) is 0. The highest BCUT2D eigenvalue weighted by atomic mass is 19.2. The van der Waals surface area contributed by atoms with Crippen molar-refractivity contribution < 1.29 is 23.5 Å². The minimum atomic E-state index is -1.28. The SMILES string of the molecule is N#Cc1cccc(C[C@H](NC(=O)c2ccc(F)c(F)c2)C(=O)O)c1. The maximum Gasteiger partial charge on any atom is 0.326 e. The first-order chi connectivity index (χ1) is 11.4. The van der Waals surface area contributed by atoms with Gasteiger partial charge in [-0.15, -0.1) is 0 Å². The molecule has 2 aromatic rings. The lowest BCUT2D eigenvalue weighted by molar-refractivity contribution is -0.139. The molecule has 5 nitrogen and oxygen atoms in total. The summed E-state index contributed by atoms with van der Waals surface area (Å²) in [6.45, 7) is 0. The van der Waals surface area contributed by atoms with E-state index in [2.05, 4.69) is 5.32 Å². The summed E-state index contributed by atoms with van der Waals surface area (Å²) >= 11 is 0. The molecular weight excluding hydrogens is 318 g/mol. The molecule has 0 saturated heterocycles. The largest absolute Gasteiger partial charge is 0.480 e. The van der Waals surface area contributed by atoms with Gasteiger partial charge >= 0.3 is 5.97 Å². The number of carbonyl (C=O) groups excluding carboxylic acids is 1. The summed E-state index contributed by atoms with van der Waals surface area (Å²) in [4.78, 5) is 23.4. The number of carboxylic acid groups (broad SMARTS) is 1. The van der Waals surface area contributed by atoms with Gasteiger partial charge in [-0.2, -0.15) is 5.26 Å². The minimum absolute atomic E-state index is 0.0553. The van der Waals surface area contributed by atoms with Gasteiger partial charge in [0.15, 0.2) is 11.6 Å². The molecule has 0 aromatic heterocycles. The highest BCUT2D eigenvalue weighted by molar-refractivity contribution is 5.96. The van der Waals surface area contributed by atoms with Crippen molar-refractivity contribution in [2.24, 2.45) is 0 Å². The Morgan fingerprint density at radius 2 is 1.92 bits per heavy atom. The number of rotatable bonds is 5.